The van der Waals surface area contributed by atoms with E-state index in [0.29, 0.717) is 16.3 Å². The quantitative estimate of drug-likeness (QED) is 0.286. The lowest BCUT2D eigenvalue weighted by atomic mass is 10.4. The number of nitrogens with one attached hydrogen (secondary N) is 4. The standard InChI is InChI=1S/C13H20N4S3/c1-10(2)15-13(19)17-16-12(18)14-8-9-20-11-6-4-3-5-7-11/h3-7,10H,8-9H2,1-2H3,(H2,14,16,18)(H2,15,17,19). The summed E-state index contributed by atoms with van der Waals surface area (Å²) >= 11 is 12.0. The molecular formula is C13H20N4S3. The highest BCUT2D eigenvalue weighted by atomic mass is 32.2. The van der Waals surface area contributed by atoms with E-state index >= 15 is 0 Å². The first-order valence-corrected chi connectivity index (χ1v) is 8.16. The third kappa shape index (κ3) is 8.19. The summed E-state index contributed by atoms with van der Waals surface area (Å²) in [7, 11) is 0. The van der Waals surface area contributed by atoms with E-state index in [1.165, 1.54) is 4.90 Å². The Morgan fingerprint density at radius 3 is 2.40 bits per heavy atom. The molecular weight excluding hydrogens is 308 g/mol. The normalized spacial score (nSPS) is 9.95. The Morgan fingerprint density at radius 1 is 1.10 bits per heavy atom. The molecule has 0 radical (unpaired) electrons. The van der Waals surface area contributed by atoms with Gasteiger partial charge in [-0.25, -0.2) is 0 Å². The van der Waals surface area contributed by atoms with Gasteiger partial charge in [-0.15, -0.1) is 11.8 Å². The van der Waals surface area contributed by atoms with Crippen molar-refractivity contribution in [2.24, 2.45) is 0 Å². The van der Waals surface area contributed by atoms with Gasteiger partial charge in [0.1, 0.15) is 0 Å². The molecule has 0 heterocycles. The van der Waals surface area contributed by atoms with E-state index in [0.717, 1.165) is 12.3 Å². The zero-order valence-electron chi connectivity index (χ0n) is 11.6. The van der Waals surface area contributed by atoms with Crippen LogP contribution in [0.25, 0.3) is 0 Å². The molecule has 0 aliphatic rings. The molecule has 1 aromatic carbocycles. The van der Waals surface area contributed by atoms with Crippen molar-refractivity contribution in [1.29, 1.82) is 0 Å². The van der Waals surface area contributed by atoms with Crippen molar-refractivity contribution < 1.29 is 0 Å². The van der Waals surface area contributed by atoms with Gasteiger partial charge in [0.2, 0.25) is 0 Å². The van der Waals surface area contributed by atoms with Crippen LogP contribution in [0, 0.1) is 0 Å². The van der Waals surface area contributed by atoms with Gasteiger partial charge in [0.15, 0.2) is 10.2 Å². The molecule has 0 atom stereocenters. The minimum atomic E-state index is 0.292. The Kier molecular flexibility index (Phi) is 8.32. The molecule has 0 spiro atoms. The molecule has 0 saturated heterocycles. The molecule has 0 aromatic heterocycles. The predicted octanol–water partition coefficient (Wildman–Crippen LogP) is 2.03. The molecule has 0 saturated carbocycles. The van der Waals surface area contributed by atoms with Crippen molar-refractivity contribution in [3.63, 3.8) is 0 Å². The molecule has 110 valence electrons. The molecule has 4 nitrogen and oxygen atoms in total. The molecule has 0 aliphatic heterocycles. The van der Waals surface area contributed by atoms with Crippen LogP contribution in [-0.2, 0) is 0 Å². The molecule has 0 amide bonds. The smallest absolute Gasteiger partial charge is 0.185 e. The molecule has 0 fully saturated rings. The number of thioether (sulfide) groups is 1. The number of hydrogen-bond acceptors (Lipinski definition) is 3. The third-order valence-electron chi connectivity index (χ3n) is 2.11. The van der Waals surface area contributed by atoms with Crippen molar-refractivity contribution >= 4 is 46.4 Å². The topological polar surface area (TPSA) is 48.1 Å². The van der Waals surface area contributed by atoms with Crippen LogP contribution in [-0.4, -0.2) is 28.6 Å². The zero-order valence-corrected chi connectivity index (χ0v) is 14.1. The Morgan fingerprint density at radius 2 is 1.75 bits per heavy atom. The van der Waals surface area contributed by atoms with E-state index in [1.807, 2.05) is 32.0 Å². The maximum atomic E-state index is 5.13. The van der Waals surface area contributed by atoms with Crippen LogP contribution in [0.2, 0.25) is 0 Å². The van der Waals surface area contributed by atoms with E-state index in [1.54, 1.807) is 11.8 Å². The molecule has 7 heteroatoms. The number of rotatable bonds is 5. The maximum Gasteiger partial charge on any atom is 0.185 e. The van der Waals surface area contributed by atoms with Crippen LogP contribution in [0.4, 0.5) is 0 Å². The molecule has 1 rings (SSSR count). The lowest BCUT2D eigenvalue weighted by molar-refractivity contribution is 0.700. The summed E-state index contributed by atoms with van der Waals surface area (Å²) in [5, 5.41) is 7.23. The fourth-order valence-electron chi connectivity index (χ4n) is 1.31. The van der Waals surface area contributed by atoms with Crippen LogP contribution in [0.3, 0.4) is 0 Å². The number of thiocarbonyl (C=S) groups is 2. The van der Waals surface area contributed by atoms with Crippen molar-refractivity contribution in [2.75, 3.05) is 12.3 Å². The molecule has 0 aliphatic carbocycles. The molecule has 0 unspecified atom stereocenters. The number of hydrogen-bond donors (Lipinski definition) is 4. The molecule has 1 aromatic rings. The minimum absolute atomic E-state index is 0.292. The summed E-state index contributed by atoms with van der Waals surface area (Å²) in [4.78, 5) is 1.26. The highest BCUT2D eigenvalue weighted by Gasteiger charge is 1.99. The molecule has 0 bridgehead atoms. The molecule has 20 heavy (non-hydrogen) atoms. The van der Waals surface area contributed by atoms with Gasteiger partial charge in [-0.05, 0) is 50.4 Å². The molecule has 4 N–H and O–H groups in total. The Labute approximate surface area is 135 Å². The summed E-state index contributed by atoms with van der Waals surface area (Å²) in [5.41, 5.74) is 5.68. The number of hydrazine groups is 1. The summed E-state index contributed by atoms with van der Waals surface area (Å²) in [6.45, 7) is 4.83. The van der Waals surface area contributed by atoms with Crippen LogP contribution in [0.5, 0.6) is 0 Å². The van der Waals surface area contributed by atoms with Gasteiger partial charge in [0, 0.05) is 23.2 Å². The van der Waals surface area contributed by atoms with Gasteiger partial charge in [0.25, 0.3) is 0 Å². The minimum Gasteiger partial charge on any atom is -0.361 e. The lowest BCUT2D eigenvalue weighted by Crippen LogP contribution is -2.51. The van der Waals surface area contributed by atoms with Crippen molar-refractivity contribution in [3.8, 4) is 0 Å². The van der Waals surface area contributed by atoms with Crippen LogP contribution in [0.15, 0.2) is 35.2 Å². The average Bonchev–Trinajstić information content (AvgIpc) is 2.42. The first-order valence-electron chi connectivity index (χ1n) is 6.36. The second-order valence-electron chi connectivity index (χ2n) is 4.30. The van der Waals surface area contributed by atoms with Gasteiger partial charge >= 0.3 is 0 Å². The van der Waals surface area contributed by atoms with Gasteiger partial charge in [-0.2, -0.15) is 0 Å². The fourth-order valence-corrected chi connectivity index (χ4v) is 2.54. The highest BCUT2D eigenvalue weighted by Crippen LogP contribution is 2.15. The van der Waals surface area contributed by atoms with Gasteiger partial charge in [-0.3, -0.25) is 10.9 Å². The van der Waals surface area contributed by atoms with E-state index in [4.69, 9.17) is 24.4 Å². The highest BCUT2D eigenvalue weighted by molar-refractivity contribution is 7.99. The van der Waals surface area contributed by atoms with E-state index in [9.17, 15) is 0 Å². The Balaban J connectivity index is 2.07. The fraction of sp³-hybridized carbons (Fsp3) is 0.385. The van der Waals surface area contributed by atoms with E-state index in [-0.39, 0.29) is 0 Å². The second-order valence-corrected chi connectivity index (χ2v) is 6.28. The SMILES string of the molecule is CC(C)NC(=S)NNC(=S)NCCSc1ccccc1. The van der Waals surface area contributed by atoms with Crippen molar-refractivity contribution in [1.82, 2.24) is 21.5 Å². The maximum absolute atomic E-state index is 5.13. The third-order valence-corrected chi connectivity index (χ3v) is 3.59. The van der Waals surface area contributed by atoms with Crippen molar-refractivity contribution in [3.05, 3.63) is 30.3 Å². The van der Waals surface area contributed by atoms with Gasteiger partial charge < -0.3 is 10.6 Å². The van der Waals surface area contributed by atoms with E-state index in [2.05, 4.69) is 33.6 Å². The average molecular weight is 329 g/mol. The Bertz CT molecular complexity index is 423. The van der Waals surface area contributed by atoms with Crippen LogP contribution in [0.1, 0.15) is 13.8 Å². The lowest BCUT2D eigenvalue weighted by Gasteiger charge is -2.15. The summed E-state index contributed by atoms with van der Waals surface area (Å²) in [5.74, 6) is 0.945. The van der Waals surface area contributed by atoms with Crippen molar-refractivity contribution in [2.45, 2.75) is 24.8 Å². The largest absolute Gasteiger partial charge is 0.361 e. The number of benzene rings is 1. The summed E-state index contributed by atoms with van der Waals surface area (Å²) < 4.78 is 0. The monoisotopic (exact) mass is 328 g/mol. The first-order chi connectivity index (χ1) is 9.58. The zero-order chi connectivity index (χ0) is 14.8. The summed E-state index contributed by atoms with van der Waals surface area (Å²) in [6, 6.07) is 10.6. The summed E-state index contributed by atoms with van der Waals surface area (Å²) in [6.07, 6.45) is 0. The van der Waals surface area contributed by atoms with Crippen LogP contribution < -0.4 is 21.5 Å². The predicted molar refractivity (Wildman–Crippen MR) is 94.9 cm³/mol. The van der Waals surface area contributed by atoms with Crippen LogP contribution >= 0.6 is 36.2 Å². The van der Waals surface area contributed by atoms with E-state index < -0.39 is 0 Å². The first kappa shape index (κ1) is 17.0. The second kappa shape index (κ2) is 9.79. The Hall–Kier alpha value is -1.05. The van der Waals surface area contributed by atoms with Gasteiger partial charge in [0.05, 0.1) is 0 Å². The van der Waals surface area contributed by atoms with Gasteiger partial charge in [-0.1, -0.05) is 18.2 Å².